The number of hydrogen-bond donors (Lipinski definition) is 1. The molecule has 8 heteroatoms. The molecule has 0 aromatic carbocycles. The second kappa shape index (κ2) is 10.1. The number of rotatable bonds is 4. The third-order valence-electron chi connectivity index (χ3n) is 5.64. The van der Waals surface area contributed by atoms with Gasteiger partial charge in [-0.1, -0.05) is 6.92 Å². The van der Waals surface area contributed by atoms with Crippen LogP contribution < -0.4 is 5.32 Å². The number of thiophene rings is 1. The summed E-state index contributed by atoms with van der Waals surface area (Å²) in [5, 5.41) is 5.71. The molecule has 3 rings (SSSR count). The normalized spacial score (nSPS) is 24.1. The molecule has 1 aromatic heterocycles. The molecule has 0 saturated carbocycles. The van der Waals surface area contributed by atoms with Crippen LogP contribution in [0.3, 0.4) is 0 Å². The van der Waals surface area contributed by atoms with E-state index in [-0.39, 0.29) is 41.8 Å². The van der Waals surface area contributed by atoms with E-state index in [4.69, 9.17) is 4.74 Å². The Kier molecular flexibility index (Phi) is 8.36. The number of aliphatic imine (C=N–C) groups is 1. The second-order valence-electron chi connectivity index (χ2n) is 7.38. The minimum Gasteiger partial charge on any atom is -0.469 e. The number of ether oxygens (including phenoxy) is 1. The number of likely N-dealkylation sites (tertiary alicyclic amines) is 1. The van der Waals surface area contributed by atoms with Gasteiger partial charge in [-0.3, -0.25) is 14.7 Å². The topological polar surface area (TPSA) is 57.2 Å². The Labute approximate surface area is 183 Å². The maximum atomic E-state index is 11.9. The Bertz CT molecular complexity index is 666. The van der Waals surface area contributed by atoms with E-state index < -0.39 is 0 Å². The molecule has 1 fully saturated rings. The summed E-state index contributed by atoms with van der Waals surface area (Å²) in [5.41, 5.74) is 1.48. The Morgan fingerprint density at radius 3 is 2.96 bits per heavy atom. The molecule has 0 radical (unpaired) electrons. The molecule has 3 atom stereocenters. The van der Waals surface area contributed by atoms with Crippen molar-refractivity contribution in [3.63, 3.8) is 0 Å². The van der Waals surface area contributed by atoms with Crippen molar-refractivity contribution in [3.05, 3.63) is 21.9 Å². The quantitative estimate of drug-likeness (QED) is 0.294. The number of nitrogens with zero attached hydrogens (tertiary/aromatic N) is 3. The summed E-state index contributed by atoms with van der Waals surface area (Å²) in [6.45, 7) is 8.86. The lowest BCUT2D eigenvalue weighted by Crippen LogP contribution is -2.48. The molecule has 152 valence electrons. The Morgan fingerprint density at radius 1 is 1.48 bits per heavy atom. The van der Waals surface area contributed by atoms with E-state index >= 15 is 0 Å². The molecule has 0 spiro atoms. The first-order valence-electron chi connectivity index (χ1n) is 9.36. The van der Waals surface area contributed by atoms with Gasteiger partial charge in [-0.05, 0) is 36.3 Å². The molecule has 3 heterocycles. The largest absolute Gasteiger partial charge is 0.469 e. The number of esters is 1. The summed E-state index contributed by atoms with van der Waals surface area (Å²) in [4.78, 5) is 22.6. The first-order valence-corrected chi connectivity index (χ1v) is 10.2. The molecule has 6 nitrogen and oxygen atoms in total. The number of fused-ring (bicyclic) bond motifs is 1. The van der Waals surface area contributed by atoms with Gasteiger partial charge in [0.2, 0.25) is 0 Å². The van der Waals surface area contributed by atoms with E-state index in [2.05, 4.69) is 45.4 Å². The highest BCUT2D eigenvalue weighted by molar-refractivity contribution is 14.0. The molecule has 0 bridgehead atoms. The van der Waals surface area contributed by atoms with Gasteiger partial charge in [0.05, 0.1) is 13.0 Å². The highest BCUT2D eigenvalue weighted by atomic mass is 127. The van der Waals surface area contributed by atoms with E-state index in [1.165, 1.54) is 17.6 Å². The lowest BCUT2D eigenvalue weighted by molar-refractivity contribution is -0.145. The predicted molar refractivity (Wildman–Crippen MR) is 121 cm³/mol. The van der Waals surface area contributed by atoms with E-state index in [1.807, 2.05) is 18.4 Å². The van der Waals surface area contributed by atoms with Crippen LogP contribution in [0, 0.1) is 11.8 Å². The van der Waals surface area contributed by atoms with Crippen LogP contribution in [-0.4, -0.2) is 68.1 Å². The lowest BCUT2D eigenvalue weighted by Gasteiger charge is -2.33. The maximum absolute atomic E-state index is 11.9. The van der Waals surface area contributed by atoms with Gasteiger partial charge in [-0.25, -0.2) is 0 Å². The van der Waals surface area contributed by atoms with Crippen molar-refractivity contribution in [1.82, 2.24) is 15.1 Å². The van der Waals surface area contributed by atoms with Crippen LogP contribution in [0.15, 0.2) is 16.4 Å². The molecular formula is C19H31IN4O2S. The minimum absolute atomic E-state index is 0. The van der Waals surface area contributed by atoms with Crippen molar-refractivity contribution in [1.29, 1.82) is 0 Å². The number of halogens is 1. The molecule has 0 aliphatic carbocycles. The first-order chi connectivity index (χ1) is 12.5. The number of carbonyl (C=O) groups excluding carboxylic acids is 1. The van der Waals surface area contributed by atoms with Gasteiger partial charge < -0.3 is 15.0 Å². The predicted octanol–water partition coefficient (Wildman–Crippen LogP) is 2.43. The molecule has 2 aliphatic rings. The van der Waals surface area contributed by atoms with Gasteiger partial charge in [-0.2, -0.15) is 0 Å². The molecule has 0 amide bonds. The van der Waals surface area contributed by atoms with E-state index in [1.54, 1.807) is 0 Å². The van der Waals surface area contributed by atoms with Crippen molar-refractivity contribution in [2.24, 2.45) is 16.8 Å². The van der Waals surface area contributed by atoms with Crippen LogP contribution in [0.1, 0.15) is 24.3 Å². The SMILES string of the molecule is CN=C(NCC(C)N1CCc2sccc2C1)N1CC(C)C(C(=O)OC)C1.I. The maximum Gasteiger partial charge on any atom is 0.310 e. The first kappa shape index (κ1) is 22.4. The van der Waals surface area contributed by atoms with E-state index in [0.29, 0.717) is 12.6 Å². The third kappa shape index (κ3) is 5.14. The van der Waals surface area contributed by atoms with Crippen LogP contribution in [-0.2, 0) is 22.5 Å². The Morgan fingerprint density at radius 2 is 2.26 bits per heavy atom. The van der Waals surface area contributed by atoms with Gasteiger partial charge in [0.1, 0.15) is 0 Å². The molecular weight excluding hydrogens is 475 g/mol. The number of carbonyl (C=O) groups is 1. The number of methoxy groups -OCH3 is 1. The van der Waals surface area contributed by atoms with Crippen LogP contribution in [0.5, 0.6) is 0 Å². The van der Waals surface area contributed by atoms with Gasteiger partial charge in [0, 0.05) is 50.7 Å². The smallest absolute Gasteiger partial charge is 0.310 e. The summed E-state index contributed by atoms with van der Waals surface area (Å²) < 4.78 is 4.93. The molecule has 1 aromatic rings. The molecule has 3 unspecified atom stereocenters. The summed E-state index contributed by atoms with van der Waals surface area (Å²) in [7, 11) is 3.27. The fourth-order valence-electron chi connectivity index (χ4n) is 3.94. The zero-order chi connectivity index (χ0) is 18.7. The summed E-state index contributed by atoms with van der Waals surface area (Å²) in [6, 6.07) is 2.68. The van der Waals surface area contributed by atoms with Gasteiger partial charge in [0.15, 0.2) is 5.96 Å². The van der Waals surface area contributed by atoms with E-state index in [9.17, 15) is 4.79 Å². The lowest BCUT2D eigenvalue weighted by atomic mass is 9.99. The molecule has 27 heavy (non-hydrogen) atoms. The summed E-state index contributed by atoms with van der Waals surface area (Å²) >= 11 is 1.88. The number of hydrogen-bond acceptors (Lipinski definition) is 5. The Hall–Kier alpha value is -0.870. The second-order valence-corrected chi connectivity index (χ2v) is 8.38. The van der Waals surface area contributed by atoms with Crippen molar-refractivity contribution >= 4 is 47.2 Å². The van der Waals surface area contributed by atoms with Crippen LogP contribution in [0.2, 0.25) is 0 Å². The zero-order valence-electron chi connectivity index (χ0n) is 16.6. The van der Waals surface area contributed by atoms with Crippen molar-refractivity contribution in [3.8, 4) is 0 Å². The van der Waals surface area contributed by atoms with Crippen molar-refractivity contribution in [2.45, 2.75) is 32.9 Å². The zero-order valence-corrected chi connectivity index (χ0v) is 19.8. The van der Waals surface area contributed by atoms with E-state index in [0.717, 1.165) is 38.6 Å². The average Bonchev–Trinajstić information content (AvgIpc) is 3.27. The van der Waals surface area contributed by atoms with Gasteiger partial charge in [0.25, 0.3) is 0 Å². The third-order valence-corrected chi connectivity index (χ3v) is 6.67. The van der Waals surface area contributed by atoms with Crippen LogP contribution in [0.4, 0.5) is 0 Å². The number of guanidine groups is 1. The highest BCUT2D eigenvalue weighted by Gasteiger charge is 2.37. The van der Waals surface area contributed by atoms with Crippen LogP contribution >= 0.6 is 35.3 Å². The fraction of sp³-hybridized carbons (Fsp3) is 0.684. The Balaban J connectivity index is 0.00000261. The molecule has 1 N–H and O–H groups in total. The van der Waals surface area contributed by atoms with Crippen molar-refractivity contribution in [2.75, 3.05) is 40.3 Å². The van der Waals surface area contributed by atoms with Gasteiger partial charge >= 0.3 is 5.97 Å². The standard InChI is InChI=1S/C19H30N4O2S.HI/c1-13-10-23(12-16(13)18(24)25-4)19(20-3)21-9-14(2)22-7-5-17-15(11-22)6-8-26-17;/h6,8,13-14,16H,5,7,9-12H2,1-4H3,(H,20,21);1H. The average molecular weight is 506 g/mol. The van der Waals surface area contributed by atoms with Crippen molar-refractivity contribution < 1.29 is 9.53 Å². The molecule has 1 saturated heterocycles. The minimum atomic E-state index is -0.122. The monoisotopic (exact) mass is 506 g/mol. The summed E-state index contributed by atoms with van der Waals surface area (Å²) in [6.07, 6.45) is 1.15. The summed E-state index contributed by atoms with van der Waals surface area (Å²) in [5.74, 6) is 0.958. The van der Waals surface area contributed by atoms with Crippen LogP contribution in [0.25, 0.3) is 0 Å². The van der Waals surface area contributed by atoms with Gasteiger partial charge in [-0.15, -0.1) is 35.3 Å². The number of nitrogens with one attached hydrogen (secondary N) is 1. The highest BCUT2D eigenvalue weighted by Crippen LogP contribution is 2.26. The fourth-order valence-corrected chi connectivity index (χ4v) is 4.83. The molecule has 2 aliphatic heterocycles.